The quantitative estimate of drug-likeness (QED) is 0.752. The minimum Gasteiger partial charge on any atom is -0.311 e. The fourth-order valence-corrected chi connectivity index (χ4v) is 4.07. The SMILES string of the molecule is CCc1ccc(CN2CCC(c3nnc(CN(C)C)n3C3CC3)CC2)nc1. The normalized spacial score (nSPS) is 19.1. The topological polar surface area (TPSA) is 50.1 Å². The minimum atomic E-state index is 0.542. The lowest BCUT2D eigenvalue weighted by atomic mass is 9.95. The largest absolute Gasteiger partial charge is 0.311 e. The Balaban J connectivity index is 1.38. The van der Waals surface area contributed by atoms with Gasteiger partial charge in [-0.3, -0.25) is 9.88 Å². The molecule has 1 aliphatic heterocycles. The second-order valence-electron chi connectivity index (χ2n) is 8.38. The number of piperidine rings is 1. The molecule has 0 bridgehead atoms. The Kier molecular flexibility index (Phi) is 5.55. The fraction of sp³-hybridized carbons (Fsp3) is 0.667. The van der Waals surface area contributed by atoms with E-state index in [0.29, 0.717) is 12.0 Å². The molecule has 0 N–H and O–H groups in total. The Morgan fingerprint density at radius 2 is 1.85 bits per heavy atom. The van der Waals surface area contributed by atoms with Gasteiger partial charge < -0.3 is 9.47 Å². The first kappa shape index (κ1) is 18.6. The van der Waals surface area contributed by atoms with Gasteiger partial charge in [0.05, 0.1) is 12.2 Å². The van der Waals surface area contributed by atoms with Gasteiger partial charge in [0.1, 0.15) is 11.6 Å². The highest BCUT2D eigenvalue weighted by atomic mass is 15.3. The summed E-state index contributed by atoms with van der Waals surface area (Å²) in [6.07, 6.45) is 7.97. The van der Waals surface area contributed by atoms with Crippen LogP contribution < -0.4 is 0 Å². The van der Waals surface area contributed by atoms with Gasteiger partial charge in [-0.05, 0) is 70.9 Å². The van der Waals surface area contributed by atoms with Gasteiger partial charge in [-0.15, -0.1) is 10.2 Å². The molecule has 2 aromatic heterocycles. The van der Waals surface area contributed by atoms with E-state index < -0.39 is 0 Å². The molecule has 2 aliphatic rings. The third kappa shape index (κ3) is 4.38. The van der Waals surface area contributed by atoms with E-state index in [9.17, 15) is 0 Å². The van der Waals surface area contributed by atoms with Gasteiger partial charge in [0.25, 0.3) is 0 Å². The predicted molar refractivity (Wildman–Crippen MR) is 107 cm³/mol. The minimum absolute atomic E-state index is 0.542. The molecule has 146 valence electrons. The summed E-state index contributed by atoms with van der Waals surface area (Å²) in [5, 5.41) is 9.18. The van der Waals surface area contributed by atoms with Crippen molar-refractivity contribution in [1.82, 2.24) is 29.5 Å². The molecule has 1 saturated carbocycles. The van der Waals surface area contributed by atoms with Crippen molar-refractivity contribution in [3.8, 4) is 0 Å². The second-order valence-corrected chi connectivity index (χ2v) is 8.38. The number of aryl methyl sites for hydroxylation is 1. The molecule has 6 nitrogen and oxygen atoms in total. The Morgan fingerprint density at radius 3 is 2.44 bits per heavy atom. The summed E-state index contributed by atoms with van der Waals surface area (Å²) in [6.45, 7) is 6.23. The number of aromatic nitrogens is 4. The lowest BCUT2D eigenvalue weighted by Crippen LogP contribution is -2.33. The number of nitrogens with zero attached hydrogens (tertiary/aromatic N) is 6. The van der Waals surface area contributed by atoms with Crippen molar-refractivity contribution in [1.29, 1.82) is 0 Å². The molecule has 6 heteroatoms. The first-order valence-corrected chi connectivity index (χ1v) is 10.4. The van der Waals surface area contributed by atoms with E-state index in [1.54, 1.807) is 0 Å². The first-order valence-electron chi connectivity index (χ1n) is 10.4. The molecule has 1 saturated heterocycles. The molecular formula is C21H32N6. The van der Waals surface area contributed by atoms with Crippen LogP contribution in [0.25, 0.3) is 0 Å². The summed E-state index contributed by atoms with van der Waals surface area (Å²) in [7, 11) is 4.20. The Bertz CT molecular complexity index is 739. The van der Waals surface area contributed by atoms with Crippen LogP contribution in [-0.4, -0.2) is 56.7 Å². The van der Waals surface area contributed by atoms with Gasteiger partial charge in [-0.25, -0.2) is 0 Å². The fourth-order valence-electron chi connectivity index (χ4n) is 4.07. The average molecular weight is 369 g/mol. The molecule has 0 unspecified atom stereocenters. The predicted octanol–water partition coefficient (Wildman–Crippen LogP) is 3.01. The molecule has 0 atom stereocenters. The molecule has 1 aliphatic carbocycles. The highest BCUT2D eigenvalue weighted by Crippen LogP contribution is 2.40. The highest BCUT2D eigenvalue weighted by Gasteiger charge is 2.33. The number of likely N-dealkylation sites (tertiary alicyclic amines) is 1. The van der Waals surface area contributed by atoms with Crippen LogP contribution in [0, 0.1) is 0 Å². The van der Waals surface area contributed by atoms with Gasteiger partial charge in [0, 0.05) is 24.7 Å². The van der Waals surface area contributed by atoms with Crippen LogP contribution in [0.3, 0.4) is 0 Å². The summed E-state index contributed by atoms with van der Waals surface area (Å²) in [5.41, 5.74) is 2.49. The zero-order valence-electron chi connectivity index (χ0n) is 16.9. The zero-order chi connectivity index (χ0) is 18.8. The summed E-state index contributed by atoms with van der Waals surface area (Å²) in [5.74, 6) is 2.92. The third-order valence-electron chi connectivity index (χ3n) is 5.80. The van der Waals surface area contributed by atoms with Crippen LogP contribution in [0.1, 0.15) is 67.5 Å². The maximum Gasteiger partial charge on any atom is 0.147 e. The molecule has 0 amide bonds. The van der Waals surface area contributed by atoms with Crippen molar-refractivity contribution in [2.24, 2.45) is 0 Å². The maximum absolute atomic E-state index is 4.64. The van der Waals surface area contributed by atoms with E-state index in [1.165, 1.54) is 42.8 Å². The zero-order valence-corrected chi connectivity index (χ0v) is 16.9. The van der Waals surface area contributed by atoms with Crippen molar-refractivity contribution in [2.75, 3.05) is 27.2 Å². The molecule has 0 spiro atoms. The lowest BCUT2D eigenvalue weighted by molar-refractivity contribution is 0.197. The Morgan fingerprint density at radius 1 is 1.07 bits per heavy atom. The summed E-state index contributed by atoms with van der Waals surface area (Å²) in [6, 6.07) is 5.03. The number of pyridine rings is 1. The molecule has 2 aromatic rings. The summed E-state index contributed by atoms with van der Waals surface area (Å²) < 4.78 is 2.46. The maximum atomic E-state index is 4.64. The van der Waals surface area contributed by atoms with E-state index >= 15 is 0 Å². The van der Waals surface area contributed by atoms with Crippen LogP contribution >= 0.6 is 0 Å². The third-order valence-corrected chi connectivity index (χ3v) is 5.80. The second kappa shape index (κ2) is 8.07. The van der Waals surface area contributed by atoms with E-state index in [-0.39, 0.29) is 0 Å². The van der Waals surface area contributed by atoms with Crippen LogP contribution in [0.5, 0.6) is 0 Å². The molecule has 3 heterocycles. The molecule has 0 radical (unpaired) electrons. The lowest BCUT2D eigenvalue weighted by Gasteiger charge is -2.31. The summed E-state index contributed by atoms with van der Waals surface area (Å²) in [4.78, 5) is 9.34. The summed E-state index contributed by atoms with van der Waals surface area (Å²) >= 11 is 0. The van der Waals surface area contributed by atoms with Gasteiger partial charge in [0.15, 0.2) is 0 Å². The molecule has 4 rings (SSSR count). The van der Waals surface area contributed by atoms with Gasteiger partial charge in [-0.2, -0.15) is 0 Å². The van der Waals surface area contributed by atoms with Crippen molar-refractivity contribution < 1.29 is 0 Å². The molecular weight excluding hydrogens is 336 g/mol. The van der Waals surface area contributed by atoms with Gasteiger partial charge in [-0.1, -0.05) is 13.0 Å². The molecule has 0 aromatic carbocycles. The van der Waals surface area contributed by atoms with Crippen molar-refractivity contribution in [2.45, 2.75) is 64.1 Å². The van der Waals surface area contributed by atoms with Crippen molar-refractivity contribution in [3.05, 3.63) is 41.2 Å². The van der Waals surface area contributed by atoms with Gasteiger partial charge >= 0.3 is 0 Å². The number of hydrogen-bond donors (Lipinski definition) is 0. The van der Waals surface area contributed by atoms with Crippen molar-refractivity contribution >= 4 is 0 Å². The van der Waals surface area contributed by atoms with E-state index in [1.807, 2.05) is 6.20 Å². The van der Waals surface area contributed by atoms with E-state index in [2.05, 4.69) is 62.7 Å². The van der Waals surface area contributed by atoms with Crippen LogP contribution in [0.4, 0.5) is 0 Å². The Hall–Kier alpha value is -1.79. The van der Waals surface area contributed by atoms with Gasteiger partial charge in [0.2, 0.25) is 0 Å². The number of hydrogen-bond acceptors (Lipinski definition) is 5. The average Bonchev–Trinajstić information content (AvgIpc) is 3.43. The molecule has 27 heavy (non-hydrogen) atoms. The monoisotopic (exact) mass is 368 g/mol. The van der Waals surface area contributed by atoms with Crippen molar-refractivity contribution in [3.63, 3.8) is 0 Å². The first-order chi connectivity index (χ1) is 13.1. The van der Waals surface area contributed by atoms with E-state index in [4.69, 9.17) is 0 Å². The highest BCUT2D eigenvalue weighted by molar-refractivity contribution is 5.14. The standard InChI is InChI=1S/C21H32N6/c1-4-16-5-6-18(22-13-16)14-26-11-9-17(10-12-26)21-24-23-20(15-25(2)3)27(21)19-7-8-19/h5-6,13,17,19H,4,7-12,14-15H2,1-3H3. The number of rotatable bonds is 7. The van der Waals surface area contributed by atoms with E-state index in [0.717, 1.165) is 38.4 Å². The van der Waals surface area contributed by atoms with Crippen LogP contribution in [-0.2, 0) is 19.5 Å². The smallest absolute Gasteiger partial charge is 0.147 e. The molecule has 2 fully saturated rings. The van der Waals surface area contributed by atoms with Crippen LogP contribution in [0.2, 0.25) is 0 Å². The Labute approximate surface area is 162 Å². The van der Waals surface area contributed by atoms with Crippen LogP contribution in [0.15, 0.2) is 18.3 Å².